The van der Waals surface area contributed by atoms with Crippen molar-refractivity contribution in [2.45, 2.75) is 26.7 Å². The quantitative estimate of drug-likeness (QED) is 0.513. The Morgan fingerprint density at radius 2 is 1.78 bits per heavy atom. The zero-order valence-electron chi connectivity index (χ0n) is 16.2. The van der Waals surface area contributed by atoms with Gasteiger partial charge in [-0.25, -0.2) is 4.79 Å². The summed E-state index contributed by atoms with van der Waals surface area (Å²) in [5.41, 5.74) is 3.18. The van der Waals surface area contributed by atoms with E-state index in [-0.39, 0.29) is 0 Å². The van der Waals surface area contributed by atoms with Crippen molar-refractivity contribution < 1.29 is 24.1 Å². The van der Waals surface area contributed by atoms with E-state index in [2.05, 4.69) is 26.8 Å². The zero-order valence-corrected chi connectivity index (χ0v) is 16.2. The monoisotopic (exact) mass is 370 g/mol. The van der Waals surface area contributed by atoms with Crippen LogP contribution in [0, 0.1) is 6.92 Å². The summed E-state index contributed by atoms with van der Waals surface area (Å²) < 4.78 is 16.7. The van der Waals surface area contributed by atoms with E-state index in [9.17, 15) is 4.79 Å². The van der Waals surface area contributed by atoms with Gasteiger partial charge in [-0.15, -0.1) is 0 Å². The Balaban J connectivity index is 1.98. The predicted molar refractivity (Wildman–Crippen MR) is 106 cm³/mol. The third kappa shape index (κ3) is 6.06. The van der Waals surface area contributed by atoms with Gasteiger partial charge in [0, 0.05) is 17.7 Å². The van der Waals surface area contributed by atoms with E-state index < -0.39 is 5.97 Å². The Morgan fingerprint density at radius 1 is 1.07 bits per heavy atom. The van der Waals surface area contributed by atoms with Crippen LogP contribution in [0.25, 0.3) is 6.08 Å². The fraction of sp³-hybridized carbons (Fsp3) is 0.318. The maximum atomic E-state index is 10.7. The highest BCUT2D eigenvalue weighted by Crippen LogP contribution is 2.26. The Bertz CT molecular complexity index is 808. The van der Waals surface area contributed by atoms with Crippen molar-refractivity contribution in [3.05, 3.63) is 59.2 Å². The van der Waals surface area contributed by atoms with Crippen LogP contribution in [0.4, 0.5) is 0 Å². The minimum atomic E-state index is -1.01. The summed E-state index contributed by atoms with van der Waals surface area (Å²) in [6.45, 7) is 7.12. The first kappa shape index (κ1) is 20.4. The number of carbonyl (C=O) groups is 1. The van der Waals surface area contributed by atoms with Gasteiger partial charge in [0.2, 0.25) is 0 Å². The smallest absolute Gasteiger partial charge is 0.328 e. The molecule has 0 aliphatic carbocycles. The lowest BCUT2D eigenvalue weighted by Gasteiger charge is -2.14. The summed E-state index contributed by atoms with van der Waals surface area (Å²) in [7, 11) is 1.57. The number of hydrogen-bond donors (Lipinski definition) is 1. The lowest BCUT2D eigenvalue weighted by molar-refractivity contribution is -0.131. The average molecular weight is 370 g/mol. The van der Waals surface area contributed by atoms with Crippen molar-refractivity contribution in [3.63, 3.8) is 0 Å². The standard InChI is InChI=1S/C22H26O5/c1-15(2)20-9-8-19(13-16(20)3)26-11-12-27-21-14-18(25-4)7-5-17(21)6-10-22(23)24/h5-10,13-15H,11-12H2,1-4H3,(H,23,24). The van der Waals surface area contributed by atoms with Gasteiger partial charge in [-0.3, -0.25) is 0 Å². The van der Waals surface area contributed by atoms with Gasteiger partial charge in [-0.1, -0.05) is 19.9 Å². The molecule has 0 aromatic heterocycles. The molecule has 2 aromatic rings. The molecule has 1 N–H and O–H groups in total. The molecule has 2 rings (SSSR count). The number of carboxylic acid groups (broad SMARTS) is 1. The fourth-order valence-electron chi connectivity index (χ4n) is 2.76. The summed E-state index contributed by atoms with van der Waals surface area (Å²) in [6, 6.07) is 11.3. The molecule has 0 amide bonds. The van der Waals surface area contributed by atoms with Crippen LogP contribution in [-0.4, -0.2) is 31.4 Å². The second kappa shape index (κ2) is 9.67. The van der Waals surface area contributed by atoms with Crippen molar-refractivity contribution in [1.82, 2.24) is 0 Å². The molecule has 0 heterocycles. The molecule has 0 bridgehead atoms. The molecule has 0 fully saturated rings. The summed E-state index contributed by atoms with van der Waals surface area (Å²) in [5.74, 6) is 1.45. The Morgan fingerprint density at radius 3 is 2.41 bits per heavy atom. The number of aryl methyl sites for hydroxylation is 1. The third-order valence-electron chi connectivity index (χ3n) is 4.10. The first-order valence-corrected chi connectivity index (χ1v) is 8.86. The normalized spacial score (nSPS) is 11.0. The highest BCUT2D eigenvalue weighted by Gasteiger charge is 2.07. The topological polar surface area (TPSA) is 65.0 Å². The van der Waals surface area contributed by atoms with E-state index in [1.807, 2.05) is 12.1 Å². The molecule has 0 spiro atoms. The Kier molecular flexibility index (Phi) is 7.29. The van der Waals surface area contributed by atoms with E-state index in [4.69, 9.17) is 19.3 Å². The molecule has 5 heteroatoms. The molecular weight excluding hydrogens is 344 g/mol. The SMILES string of the molecule is COc1ccc(C=CC(=O)O)c(OCCOc2ccc(C(C)C)c(C)c2)c1. The van der Waals surface area contributed by atoms with Crippen molar-refractivity contribution >= 4 is 12.0 Å². The van der Waals surface area contributed by atoms with E-state index in [0.717, 1.165) is 11.8 Å². The van der Waals surface area contributed by atoms with Crippen molar-refractivity contribution in [2.75, 3.05) is 20.3 Å². The van der Waals surface area contributed by atoms with Crippen LogP contribution in [0.15, 0.2) is 42.5 Å². The number of ether oxygens (including phenoxy) is 3. The minimum Gasteiger partial charge on any atom is -0.497 e. The van der Waals surface area contributed by atoms with E-state index in [1.54, 1.807) is 25.3 Å². The van der Waals surface area contributed by atoms with E-state index in [0.29, 0.717) is 36.2 Å². The van der Waals surface area contributed by atoms with Crippen molar-refractivity contribution in [1.29, 1.82) is 0 Å². The van der Waals surface area contributed by atoms with Gasteiger partial charge in [0.05, 0.1) is 7.11 Å². The number of rotatable bonds is 9. The van der Waals surface area contributed by atoms with Crippen LogP contribution < -0.4 is 14.2 Å². The lowest BCUT2D eigenvalue weighted by atomic mass is 9.98. The maximum Gasteiger partial charge on any atom is 0.328 e. The molecule has 0 aliphatic heterocycles. The van der Waals surface area contributed by atoms with Crippen LogP contribution in [0.1, 0.15) is 36.5 Å². The predicted octanol–water partition coefficient (Wildman–Crippen LogP) is 4.68. The van der Waals surface area contributed by atoms with Crippen LogP contribution in [0.3, 0.4) is 0 Å². The molecule has 27 heavy (non-hydrogen) atoms. The first-order chi connectivity index (χ1) is 12.9. The molecule has 0 unspecified atom stereocenters. The molecule has 0 saturated carbocycles. The largest absolute Gasteiger partial charge is 0.497 e. The van der Waals surface area contributed by atoms with Crippen LogP contribution in [0.2, 0.25) is 0 Å². The van der Waals surface area contributed by atoms with Gasteiger partial charge in [0.1, 0.15) is 30.5 Å². The molecular formula is C22H26O5. The zero-order chi connectivity index (χ0) is 19.8. The van der Waals surface area contributed by atoms with Crippen LogP contribution in [0.5, 0.6) is 17.2 Å². The summed E-state index contributed by atoms with van der Waals surface area (Å²) >= 11 is 0. The van der Waals surface area contributed by atoms with Gasteiger partial charge in [-0.2, -0.15) is 0 Å². The highest BCUT2D eigenvalue weighted by molar-refractivity contribution is 5.86. The van der Waals surface area contributed by atoms with Gasteiger partial charge in [-0.05, 0) is 54.3 Å². The summed E-state index contributed by atoms with van der Waals surface area (Å²) in [4.78, 5) is 10.7. The summed E-state index contributed by atoms with van der Waals surface area (Å²) in [6.07, 6.45) is 2.57. The van der Waals surface area contributed by atoms with Gasteiger partial charge in [0.25, 0.3) is 0 Å². The minimum absolute atomic E-state index is 0.325. The van der Waals surface area contributed by atoms with E-state index in [1.165, 1.54) is 17.2 Å². The molecule has 0 aliphatic rings. The Labute approximate surface area is 160 Å². The molecule has 5 nitrogen and oxygen atoms in total. The van der Waals surface area contributed by atoms with E-state index >= 15 is 0 Å². The van der Waals surface area contributed by atoms with Gasteiger partial charge >= 0.3 is 5.97 Å². The van der Waals surface area contributed by atoms with Crippen molar-refractivity contribution in [3.8, 4) is 17.2 Å². The average Bonchev–Trinajstić information content (AvgIpc) is 2.63. The fourth-order valence-corrected chi connectivity index (χ4v) is 2.76. The number of carboxylic acids is 1. The molecule has 0 saturated heterocycles. The number of methoxy groups -OCH3 is 1. The third-order valence-corrected chi connectivity index (χ3v) is 4.10. The maximum absolute atomic E-state index is 10.7. The molecule has 0 radical (unpaired) electrons. The van der Waals surface area contributed by atoms with Crippen LogP contribution in [-0.2, 0) is 4.79 Å². The number of benzene rings is 2. The second-order valence-electron chi connectivity index (χ2n) is 6.45. The number of hydrogen-bond acceptors (Lipinski definition) is 4. The van der Waals surface area contributed by atoms with Crippen molar-refractivity contribution in [2.24, 2.45) is 0 Å². The lowest BCUT2D eigenvalue weighted by Crippen LogP contribution is -2.10. The van der Waals surface area contributed by atoms with Gasteiger partial charge in [0.15, 0.2) is 0 Å². The summed E-state index contributed by atoms with van der Waals surface area (Å²) in [5, 5.41) is 8.81. The number of aliphatic carboxylic acids is 1. The molecule has 2 aromatic carbocycles. The highest BCUT2D eigenvalue weighted by atomic mass is 16.5. The van der Waals surface area contributed by atoms with Gasteiger partial charge < -0.3 is 19.3 Å². The Hall–Kier alpha value is -2.95. The molecule has 144 valence electrons. The second-order valence-corrected chi connectivity index (χ2v) is 6.45. The molecule has 0 atom stereocenters. The first-order valence-electron chi connectivity index (χ1n) is 8.86. The van der Waals surface area contributed by atoms with Crippen LogP contribution >= 0.6 is 0 Å².